The second-order valence-corrected chi connectivity index (χ2v) is 6.79. The van der Waals surface area contributed by atoms with Crippen molar-refractivity contribution in [2.75, 3.05) is 5.43 Å². The van der Waals surface area contributed by atoms with Gasteiger partial charge >= 0.3 is 0 Å². The molecule has 2 heterocycles. The number of hydrogen-bond donors (Lipinski definition) is 2. The number of nitrogens with two attached hydrogens (primary N) is 1. The molecule has 4 nitrogen and oxygen atoms in total. The van der Waals surface area contributed by atoms with Gasteiger partial charge in [-0.05, 0) is 42.9 Å². The Morgan fingerprint density at radius 3 is 2.70 bits per heavy atom. The highest BCUT2D eigenvalue weighted by Gasteiger charge is 2.20. The molecule has 5 heteroatoms. The molecule has 1 aliphatic carbocycles. The molecular formula is C18H18N4S. The third-order valence-electron chi connectivity index (χ3n) is 4.19. The van der Waals surface area contributed by atoms with Gasteiger partial charge in [-0.2, -0.15) is 0 Å². The average Bonchev–Trinajstić information content (AvgIpc) is 2.98. The quantitative estimate of drug-likeness (QED) is 0.564. The summed E-state index contributed by atoms with van der Waals surface area (Å²) in [5, 5.41) is 1.11. The molecule has 116 valence electrons. The van der Waals surface area contributed by atoms with E-state index in [2.05, 4.69) is 22.5 Å². The molecule has 3 aromatic rings. The van der Waals surface area contributed by atoms with Crippen LogP contribution < -0.4 is 11.3 Å². The van der Waals surface area contributed by atoms with Crippen LogP contribution in [-0.2, 0) is 12.8 Å². The Labute approximate surface area is 139 Å². The summed E-state index contributed by atoms with van der Waals surface area (Å²) < 4.78 is 0. The van der Waals surface area contributed by atoms with E-state index in [0.29, 0.717) is 5.82 Å². The second-order valence-electron chi connectivity index (χ2n) is 5.71. The number of nitrogens with zero attached hydrogens (tertiary/aromatic N) is 2. The van der Waals surface area contributed by atoms with Crippen LogP contribution in [0.4, 0.5) is 5.82 Å². The van der Waals surface area contributed by atoms with E-state index in [-0.39, 0.29) is 0 Å². The normalized spacial score (nSPS) is 14.3. The minimum absolute atomic E-state index is 0.688. The van der Waals surface area contributed by atoms with Crippen LogP contribution in [0.3, 0.4) is 0 Å². The maximum absolute atomic E-state index is 5.72. The summed E-state index contributed by atoms with van der Waals surface area (Å²) in [7, 11) is 0. The fourth-order valence-corrected chi connectivity index (χ4v) is 4.36. The van der Waals surface area contributed by atoms with Gasteiger partial charge in [-0.1, -0.05) is 36.4 Å². The highest BCUT2D eigenvalue weighted by atomic mass is 32.1. The molecule has 0 atom stereocenters. The maximum Gasteiger partial charge on any atom is 0.156 e. The van der Waals surface area contributed by atoms with Gasteiger partial charge in [-0.3, -0.25) is 0 Å². The van der Waals surface area contributed by atoms with Gasteiger partial charge in [-0.15, -0.1) is 11.3 Å². The Bertz CT molecular complexity index is 868. The molecule has 0 aliphatic heterocycles. The van der Waals surface area contributed by atoms with Gasteiger partial charge in [0.15, 0.2) is 11.6 Å². The van der Waals surface area contributed by atoms with Gasteiger partial charge in [-0.25, -0.2) is 15.8 Å². The van der Waals surface area contributed by atoms with E-state index in [1.165, 1.54) is 23.3 Å². The number of benzene rings is 1. The number of rotatable bonds is 3. The van der Waals surface area contributed by atoms with E-state index in [0.717, 1.165) is 34.4 Å². The van der Waals surface area contributed by atoms with E-state index in [1.807, 2.05) is 30.4 Å². The second kappa shape index (κ2) is 6.10. The highest BCUT2D eigenvalue weighted by Crippen LogP contribution is 2.38. The van der Waals surface area contributed by atoms with Gasteiger partial charge in [0.05, 0.1) is 5.39 Å². The van der Waals surface area contributed by atoms with Crippen molar-refractivity contribution >= 4 is 39.5 Å². The third kappa shape index (κ3) is 2.73. The molecule has 0 unspecified atom stereocenters. The average molecular weight is 322 g/mol. The van der Waals surface area contributed by atoms with E-state index in [4.69, 9.17) is 10.8 Å². The molecule has 0 radical (unpaired) electrons. The van der Waals surface area contributed by atoms with Gasteiger partial charge in [0.1, 0.15) is 4.83 Å². The largest absolute Gasteiger partial charge is 0.308 e. The summed E-state index contributed by atoms with van der Waals surface area (Å²) in [5.41, 5.74) is 5.29. The van der Waals surface area contributed by atoms with Crippen LogP contribution in [0.5, 0.6) is 0 Å². The number of nitrogens with one attached hydrogen (secondary N) is 1. The van der Waals surface area contributed by atoms with Gasteiger partial charge in [0.2, 0.25) is 0 Å². The molecule has 0 saturated heterocycles. The lowest BCUT2D eigenvalue weighted by molar-refractivity contribution is 0.700. The summed E-state index contributed by atoms with van der Waals surface area (Å²) >= 11 is 1.78. The molecule has 0 bridgehead atoms. The summed E-state index contributed by atoms with van der Waals surface area (Å²) in [5.74, 6) is 7.15. The lowest BCUT2D eigenvalue weighted by Gasteiger charge is -2.11. The molecule has 2 aromatic heterocycles. The number of aromatic nitrogens is 2. The van der Waals surface area contributed by atoms with Crippen LogP contribution in [0.15, 0.2) is 30.3 Å². The SMILES string of the molecule is NNc1nc(/C=C/c2ccccc2)nc2sc3c(c12)CCCC3. The van der Waals surface area contributed by atoms with Crippen molar-refractivity contribution in [2.45, 2.75) is 25.7 Å². The first-order valence-corrected chi connectivity index (χ1v) is 8.69. The smallest absolute Gasteiger partial charge is 0.156 e. The lowest BCUT2D eigenvalue weighted by Crippen LogP contribution is -2.11. The third-order valence-corrected chi connectivity index (χ3v) is 5.38. The zero-order valence-corrected chi connectivity index (χ0v) is 13.6. The molecule has 23 heavy (non-hydrogen) atoms. The van der Waals surface area contributed by atoms with E-state index in [1.54, 1.807) is 11.3 Å². The molecule has 1 aliphatic rings. The first-order chi connectivity index (χ1) is 11.3. The summed E-state index contributed by atoms with van der Waals surface area (Å²) in [6.45, 7) is 0. The van der Waals surface area contributed by atoms with Crippen LogP contribution in [-0.4, -0.2) is 9.97 Å². The van der Waals surface area contributed by atoms with Gasteiger partial charge < -0.3 is 5.43 Å². The van der Waals surface area contributed by atoms with Gasteiger partial charge in [0, 0.05) is 4.88 Å². The topological polar surface area (TPSA) is 63.8 Å². The summed E-state index contributed by atoms with van der Waals surface area (Å²) in [6, 6.07) is 10.2. The number of thiophene rings is 1. The number of fused-ring (bicyclic) bond motifs is 3. The molecule has 0 saturated carbocycles. The highest BCUT2D eigenvalue weighted by molar-refractivity contribution is 7.19. The van der Waals surface area contributed by atoms with Crippen molar-refractivity contribution in [3.05, 3.63) is 52.2 Å². The van der Waals surface area contributed by atoms with Crippen LogP contribution in [0.1, 0.15) is 34.7 Å². The molecule has 0 amide bonds. The molecule has 4 rings (SSSR count). The number of anilines is 1. The predicted molar refractivity (Wildman–Crippen MR) is 97.2 cm³/mol. The van der Waals surface area contributed by atoms with Crippen molar-refractivity contribution in [1.82, 2.24) is 9.97 Å². The number of hydrogen-bond acceptors (Lipinski definition) is 5. The number of nitrogen functional groups attached to an aromatic ring is 1. The van der Waals surface area contributed by atoms with Gasteiger partial charge in [0.25, 0.3) is 0 Å². The van der Waals surface area contributed by atoms with E-state index in [9.17, 15) is 0 Å². The fourth-order valence-electron chi connectivity index (χ4n) is 3.09. The van der Waals surface area contributed by atoms with E-state index >= 15 is 0 Å². The van der Waals surface area contributed by atoms with Crippen molar-refractivity contribution in [3.63, 3.8) is 0 Å². The Kier molecular flexibility index (Phi) is 3.81. The Morgan fingerprint density at radius 1 is 1.04 bits per heavy atom. The molecule has 0 fully saturated rings. The Morgan fingerprint density at radius 2 is 1.87 bits per heavy atom. The van der Waals surface area contributed by atoms with Crippen molar-refractivity contribution in [3.8, 4) is 0 Å². The standard InChI is InChI=1S/C18H18N4S/c19-22-17-16-13-8-4-5-9-14(13)23-18(16)21-15(20-17)11-10-12-6-2-1-3-7-12/h1-3,6-7,10-11H,4-5,8-9,19H2,(H,20,21,22)/b11-10+. The van der Waals surface area contributed by atoms with Crippen LogP contribution in [0.2, 0.25) is 0 Å². The molecule has 0 spiro atoms. The molecular weight excluding hydrogens is 304 g/mol. The molecule has 3 N–H and O–H groups in total. The fraction of sp³-hybridized carbons (Fsp3) is 0.222. The van der Waals surface area contributed by atoms with Crippen molar-refractivity contribution < 1.29 is 0 Å². The number of hydrazine groups is 1. The van der Waals surface area contributed by atoms with Crippen LogP contribution >= 0.6 is 11.3 Å². The minimum atomic E-state index is 0.688. The van der Waals surface area contributed by atoms with E-state index < -0.39 is 0 Å². The summed E-state index contributed by atoms with van der Waals surface area (Å²) in [4.78, 5) is 11.8. The maximum atomic E-state index is 5.72. The number of aryl methyl sites for hydroxylation is 2. The summed E-state index contributed by atoms with van der Waals surface area (Å²) in [6.07, 6.45) is 8.71. The van der Waals surface area contributed by atoms with Crippen molar-refractivity contribution in [1.29, 1.82) is 0 Å². The van der Waals surface area contributed by atoms with Crippen LogP contribution in [0.25, 0.3) is 22.4 Å². The van der Waals surface area contributed by atoms with Crippen molar-refractivity contribution in [2.24, 2.45) is 5.84 Å². The Balaban J connectivity index is 1.78. The Hall–Kier alpha value is -2.24. The predicted octanol–water partition coefficient (Wildman–Crippen LogP) is 4.03. The zero-order valence-electron chi connectivity index (χ0n) is 12.7. The first kappa shape index (κ1) is 14.4. The lowest BCUT2D eigenvalue weighted by atomic mass is 9.97. The monoisotopic (exact) mass is 322 g/mol. The zero-order chi connectivity index (χ0) is 15.6. The first-order valence-electron chi connectivity index (χ1n) is 7.87. The van der Waals surface area contributed by atoms with Crippen LogP contribution in [0, 0.1) is 0 Å². The molecule has 1 aromatic carbocycles. The minimum Gasteiger partial charge on any atom is -0.308 e.